The van der Waals surface area contributed by atoms with E-state index in [1.165, 1.54) is 5.56 Å². The van der Waals surface area contributed by atoms with Crippen LogP contribution in [-0.2, 0) is 10.8 Å². The maximum Gasteiger partial charge on any atom is 0.141 e. The zero-order valence-electron chi connectivity index (χ0n) is 18.3. The Hall–Kier alpha value is -3.20. The van der Waals surface area contributed by atoms with Gasteiger partial charge in [0.25, 0.3) is 0 Å². The van der Waals surface area contributed by atoms with Gasteiger partial charge in [-0.2, -0.15) is 0 Å². The second-order valence-electron chi connectivity index (χ2n) is 9.41. The summed E-state index contributed by atoms with van der Waals surface area (Å²) in [7, 11) is 0. The molecular formula is C27H28N2O. The predicted octanol–water partition coefficient (Wildman–Crippen LogP) is 6.63. The highest BCUT2D eigenvalue weighted by atomic mass is 16.3. The first-order valence-electron chi connectivity index (χ1n) is 10.3. The van der Waals surface area contributed by atoms with Crippen molar-refractivity contribution < 1.29 is 5.11 Å². The van der Waals surface area contributed by atoms with Gasteiger partial charge in [0, 0.05) is 16.4 Å². The van der Waals surface area contributed by atoms with Crippen LogP contribution in [-0.4, -0.2) is 15.1 Å². The van der Waals surface area contributed by atoms with E-state index in [2.05, 4.69) is 71.0 Å². The smallest absolute Gasteiger partial charge is 0.141 e. The molecule has 3 heteroatoms. The van der Waals surface area contributed by atoms with Gasteiger partial charge in [0.1, 0.15) is 11.3 Å². The number of benzene rings is 2. The monoisotopic (exact) mass is 396 g/mol. The summed E-state index contributed by atoms with van der Waals surface area (Å²) in [5.74, 6) is 0.200. The van der Waals surface area contributed by atoms with E-state index in [9.17, 15) is 5.11 Å². The summed E-state index contributed by atoms with van der Waals surface area (Å²) < 4.78 is 0. The van der Waals surface area contributed by atoms with Crippen LogP contribution in [0.5, 0.6) is 5.75 Å². The fraction of sp³-hybridized carbons (Fsp3) is 0.259. The number of nitrogens with zero attached hydrogens (tertiary/aromatic N) is 2. The zero-order chi connectivity index (χ0) is 21.5. The minimum atomic E-state index is -0.409. The van der Waals surface area contributed by atoms with Gasteiger partial charge < -0.3 is 5.11 Å². The third-order valence-corrected chi connectivity index (χ3v) is 5.75. The summed E-state index contributed by atoms with van der Waals surface area (Å²) in [6.45, 7) is 10.9. The van der Waals surface area contributed by atoms with E-state index >= 15 is 0 Å². The molecule has 0 amide bonds. The van der Waals surface area contributed by atoms with Gasteiger partial charge in [-0.05, 0) is 55.2 Å². The molecule has 3 nitrogen and oxygen atoms in total. The normalized spacial score (nSPS) is 12.3. The van der Waals surface area contributed by atoms with Gasteiger partial charge in [-0.25, -0.2) is 4.98 Å². The second-order valence-corrected chi connectivity index (χ2v) is 9.41. The fourth-order valence-corrected chi connectivity index (χ4v) is 3.70. The Kier molecular flexibility index (Phi) is 4.85. The summed E-state index contributed by atoms with van der Waals surface area (Å²) in [6.07, 6.45) is 0. The van der Waals surface area contributed by atoms with Gasteiger partial charge in [0.05, 0.1) is 17.1 Å². The van der Waals surface area contributed by atoms with Gasteiger partial charge in [-0.15, -0.1) is 0 Å². The quantitative estimate of drug-likeness (QED) is 0.423. The highest BCUT2D eigenvalue weighted by Gasteiger charge is 2.27. The van der Waals surface area contributed by atoms with Crippen molar-refractivity contribution in [2.45, 2.75) is 45.4 Å². The molecule has 0 aliphatic carbocycles. The van der Waals surface area contributed by atoms with Gasteiger partial charge in [0.15, 0.2) is 0 Å². The number of phenolic OH excluding ortho intramolecular Hbond substituents is 1. The lowest BCUT2D eigenvalue weighted by Gasteiger charge is -2.25. The van der Waals surface area contributed by atoms with Crippen LogP contribution in [0.25, 0.3) is 22.2 Å². The standard InChI is InChI=1S/C27H28N2O/c1-26(2,3)20-11-6-10-19(17-20)21-12-8-14-23(28-21)27(4,5)24-16-15-18-9-7-13-22(30)25(18)29-24/h6-17,30H,1-5H3. The molecule has 0 spiro atoms. The Labute approximate surface area is 178 Å². The van der Waals surface area contributed by atoms with Crippen molar-refractivity contribution in [3.63, 3.8) is 0 Å². The van der Waals surface area contributed by atoms with Gasteiger partial charge in [-0.3, -0.25) is 4.98 Å². The van der Waals surface area contributed by atoms with Crippen molar-refractivity contribution in [1.29, 1.82) is 0 Å². The summed E-state index contributed by atoms with van der Waals surface area (Å²) in [4.78, 5) is 9.80. The zero-order valence-corrected chi connectivity index (χ0v) is 18.3. The number of hydrogen-bond donors (Lipinski definition) is 1. The first kappa shape index (κ1) is 20.1. The maximum atomic E-state index is 10.2. The fourth-order valence-electron chi connectivity index (χ4n) is 3.70. The lowest BCUT2D eigenvalue weighted by atomic mass is 9.83. The van der Waals surface area contributed by atoms with Gasteiger partial charge >= 0.3 is 0 Å². The third kappa shape index (κ3) is 3.68. The molecule has 152 valence electrons. The average Bonchev–Trinajstić information content (AvgIpc) is 2.73. The van der Waals surface area contributed by atoms with Gasteiger partial charge in [0.2, 0.25) is 0 Å². The Bertz CT molecular complexity index is 1220. The predicted molar refractivity (Wildman–Crippen MR) is 124 cm³/mol. The van der Waals surface area contributed by atoms with Crippen LogP contribution in [0.2, 0.25) is 0 Å². The average molecular weight is 397 g/mol. The van der Waals surface area contributed by atoms with Crippen LogP contribution in [0.3, 0.4) is 0 Å². The maximum absolute atomic E-state index is 10.2. The van der Waals surface area contributed by atoms with E-state index in [1.807, 2.05) is 30.3 Å². The first-order valence-corrected chi connectivity index (χ1v) is 10.3. The van der Waals surface area contributed by atoms with Crippen molar-refractivity contribution in [3.8, 4) is 17.0 Å². The van der Waals surface area contributed by atoms with E-state index in [1.54, 1.807) is 6.07 Å². The van der Waals surface area contributed by atoms with E-state index in [4.69, 9.17) is 9.97 Å². The lowest BCUT2D eigenvalue weighted by Crippen LogP contribution is -2.22. The second kappa shape index (κ2) is 7.24. The Morgan fingerprint density at radius 3 is 2.17 bits per heavy atom. The van der Waals surface area contributed by atoms with Crippen molar-refractivity contribution in [3.05, 3.63) is 89.7 Å². The number of hydrogen-bond acceptors (Lipinski definition) is 3. The molecule has 2 aromatic heterocycles. The molecule has 0 saturated carbocycles. The number of aromatic hydroxyl groups is 1. The Morgan fingerprint density at radius 2 is 1.40 bits per heavy atom. The summed E-state index contributed by atoms with van der Waals surface area (Å²) in [5.41, 5.74) is 5.49. The topological polar surface area (TPSA) is 46.0 Å². The molecule has 0 saturated heterocycles. The molecule has 4 aromatic rings. The van der Waals surface area contributed by atoms with Crippen LogP contribution in [0.4, 0.5) is 0 Å². The van der Waals surface area contributed by atoms with Crippen LogP contribution in [0.15, 0.2) is 72.8 Å². The van der Waals surface area contributed by atoms with E-state index in [0.29, 0.717) is 5.52 Å². The third-order valence-electron chi connectivity index (χ3n) is 5.75. The molecule has 0 fully saturated rings. The minimum absolute atomic E-state index is 0.0872. The number of fused-ring (bicyclic) bond motifs is 1. The number of aromatic nitrogens is 2. The molecule has 0 atom stereocenters. The minimum Gasteiger partial charge on any atom is -0.506 e. The molecule has 4 rings (SSSR count). The molecule has 0 unspecified atom stereocenters. The van der Waals surface area contributed by atoms with E-state index in [-0.39, 0.29) is 11.2 Å². The Balaban J connectivity index is 1.77. The van der Waals surface area contributed by atoms with Crippen molar-refractivity contribution >= 4 is 10.9 Å². The number of pyridine rings is 2. The molecule has 0 radical (unpaired) electrons. The number of para-hydroxylation sites is 1. The molecular weight excluding hydrogens is 368 g/mol. The number of rotatable bonds is 3. The number of phenols is 1. The molecule has 0 aliphatic heterocycles. The highest BCUT2D eigenvalue weighted by molar-refractivity contribution is 5.84. The lowest BCUT2D eigenvalue weighted by molar-refractivity contribution is 0.479. The molecule has 2 heterocycles. The molecule has 30 heavy (non-hydrogen) atoms. The van der Waals surface area contributed by atoms with Crippen molar-refractivity contribution in [1.82, 2.24) is 9.97 Å². The molecule has 1 N–H and O–H groups in total. The van der Waals surface area contributed by atoms with Crippen LogP contribution < -0.4 is 0 Å². The SMILES string of the molecule is CC(C)(C)c1cccc(-c2cccc(C(C)(C)c3ccc4cccc(O)c4n3)n2)c1. The highest BCUT2D eigenvalue weighted by Crippen LogP contribution is 2.33. The van der Waals surface area contributed by atoms with Crippen LogP contribution in [0, 0.1) is 0 Å². The van der Waals surface area contributed by atoms with Gasteiger partial charge in [-0.1, -0.05) is 63.2 Å². The summed E-state index contributed by atoms with van der Waals surface area (Å²) in [6, 6.07) is 24.3. The molecule has 0 aliphatic rings. The van der Waals surface area contributed by atoms with Crippen molar-refractivity contribution in [2.24, 2.45) is 0 Å². The molecule has 0 bridgehead atoms. The summed E-state index contributed by atoms with van der Waals surface area (Å²) in [5, 5.41) is 11.2. The van der Waals surface area contributed by atoms with E-state index in [0.717, 1.165) is 28.0 Å². The van der Waals surface area contributed by atoms with Crippen LogP contribution >= 0.6 is 0 Å². The summed E-state index contributed by atoms with van der Waals surface area (Å²) >= 11 is 0. The Morgan fingerprint density at radius 1 is 0.700 bits per heavy atom. The molecule has 2 aromatic carbocycles. The first-order chi connectivity index (χ1) is 14.2. The van der Waals surface area contributed by atoms with E-state index < -0.39 is 5.41 Å². The largest absolute Gasteiger partial charge is 0.506 e. The van der Waals surface area contributed by atoms with Crippen molar-refractivity contribution in [2.75, 3.05) is 0 Å². The van der Waals surface area contributed by atoms with Crippen LogP contribution in [0.1, 0.15) is 51.6 Å².